The van der Waals surface area contributed by atoms with E-state index < -0.39 is 0 Å². The van der Waals surface area contributed by atoms with Crippen LogP contribution in [0.15, 0.2) is 18.2 Å². The van der Waals surface area contributed by atoms with Gasteiger partial charge in [-0.3, -0.25) is 4.90 Å². The second kappa shape index (κ2) is 6.05. The molecule has 0 fully saturated rings. The molecule has 0 heterocycles. The van der Waals surface area contributed by atoms with E-state index in [1.165, 1.54) is 0 Å². The van der Waals surface area contributed by atoms with Crippen molar-refractivity contribution in [1.29, 1.82) is 0 Å². The van der Waals surface area contributed by atoms with Gasteiger partial charge in [-0.05, 0) is 20.0 Å². The Morgan fingerprint density at radius 3 is 2.76 bits per heavy atom. The Bertz CT molecular complexity index is 411. The molecule has 94 valence electrons. The fraction of sp³-hybridized carbons (Fsp3) is 0.417. The molecule has 0 radical (unpaired) electrons. The highest BCUT2D eigenvalue weighted by molar-refractivity contribution is 7.80. The third-order valence-electron chi connectivity index (χ3n) is 2.78. The summed E-state index contributed by atoms with van der Waals surface area (Å²) in [5.41, 5.74) is 6.23. The summed E-state index contributed by atoms with van der Waals surface area (Å²) >= 11 is 4.78. The van der Waals surface area contributed by atoms with Gasteiger partial charge < -0.3 is 10.8 Å². The number of nitrogens with two attached hydrogens (primary N) is 1. The molecule has 1 unspecified atom stereocenters. The number of hydrogen-bond donors (Lipinski definition) is 2. The van der Waals surface area contributed by atoms with Crippen LogP contribution >= 0.6 is 12.2 Å². The van der Waals surface area contributed by atoms with Crippen molar-refractivity contribution in [3.05, 3.63) is 35.1 Å². The van der Waals surface area contributed by atoms with Crippen molar-refractivity contribution < 1.29 is 9.50 Å². The average Bonchev–Trinajstić information content (AvgIpc) is 2.30. The quantitative estimate of drug-likeness (QED) is 0.779. The zero-order valence-corrected chi connectivity index (χ0v) is 10.8. The zero-order valence-electron chi connectivity index (χ0n) is 9.98. The van der Waals surface area contributed by atoms with Crippen LogP contribution in [0, 0.1) is 5.82 Å². The van der Waals surface area contributed by atoms with Crippen LogP contribution < -0.4 is 5.73 Å². The molecule has 0 spiro atoms. The number of aliphatic hydroxyl groups is 1. The minimum absolute atomic E-state index is 0.0251. The van der Waals surface area contributed by atoms with Crippen molar-refractivity contribution in [2.45, 2.75) is 19.5 Å². The molecular formula is C12H17FN2OS. The first kappa shape index (κ1) is 14.0. The molecular weight excluding hydrogens is 239 g/mol. The molecule has 1 atom stereocenters. The van der Waals surface area contributed by atoms with E-state index in [2.05, 4.69) is 0 Å². The van der Waals surface area contributed by atoms with Crippen LogP contribution in [0.5, 0.6) is 0 Å². The van der Waals surface area contributed by atoms with Crippen LogP contribution in [0.25, 0.3) is 0 Å². The van der Waals surface area contributed by atoms with Gasteiger partial charge in [0.1, 0.15) is 10.8 Å². The van der Waals surface area contributed by atoms with Gasteiger partial charge in [-0.15, -0.1) is 0 Å². The van der Waals surface area contributed by atoms with Crippen LogP contribution in [0.1, 0.15) is 18.1 Å². The predicted molar refractivity (Wildman–Crippen MR) is 70.3 cm³/mol. The summed E-state index contributed by atoms with van der Waals surface area (Å²) in [6, 6.07) is 4.96. The van der Waals surface area contributed by atoms with E-state index in [0.717, 1.165) is 0 Å². The molecule has 1 aromatic carbocycles. The topological polar surface area (TPSA) is 49.5 Å². The lowest BCUT2D eigenvalue weighted by atomic mass is 10.1. The molecule has 17 heavy (non-hydrogen) atoms. The summed E-state index contributed by atoms with van der Waals surface area (Å²) in [7, 11) is 1.83. The molecule has 0 aliphatic carbocycles. The van der Waals surface area contributed by atoms with Crippen molar-refractivity contribution in [3.8, 4) is 0 Å². The fourth-order valence-corrected chi connectivity index (χ4v) is 1.61. The molecule has 0 aliphatic rings. The van der Waals surface area contributed by atoms with E-state index >= 15 is 0 Å². The minimum atomic E-state index is -0.378. The van der Waals surface area contributed by atoms with Gasteiger partial charge in [-0.1, -0.05) is 24.4 Å². The molecule has 5 heteroatoms. The van der Waals surface area contributed by atoms with E-state index in [0.29, 0.717) is 12.1 Å². The van der Waals surface area contributed by atoms with Gasteiger partial charge in [0.2, 0.25) is 0 Å². The van der Waals surface area contributed by atoms with Crippen molar-refractivity contribution in [3.63, 3.8) is 0 Å². The van der Waals surface area contributed by atoms with Gasteiger partial charge in [-0.2, -0.15) is 0 Å². The largest absolute Gasteiger partial charge is 0.395 e. The summed E-state index contributed by atoms with van der Waals surface area (Å²) < 4.78 is 14.0. The van der Waals surface area contributed by atoms with E-state index in [-0.39, 0.29) is 29.0 Å². The number of halogens is 1. The monoisotopic (exact) mass is 256 g/mol. The fourth-order valence-electron chi connectivity index (χ4n) is 1.46. The third kappa shape index (κ3) is 3.46. The number of hydrogen-bond acceptors (Lipinski definition) is 3. The summed E-state index contributed by atoms with van der Waals surface area (Å²) in [6.45, 7) is 2.31. The third-order valence-corrected chi connectivity index (χ3v) is 3.00. The Labute approximate surface area is 106 Å². The smallest absolute Gasteiger partial charge is 0.137 e. The lowest BCUT2D eigenvalue weighted by molar-refractivity contribution is 0.153. The van der Waals surface area contributed by atoms with Gasteiger partial charge in [0, 0.05) is 23.7 Å². The van der Waals surface area contributed by atoms with E-state index in [4.69, 9.17) is 23.1 Å². The first-order chi connectivity index (χ1) is 7.97. The highest BCUT2D eigenvalue weighted by Gasteiger charge is 2.14. The average molecular weight is 256 g/mol. The molecule has 0 amide bonds. The lowest BCUT2D eigenvalue weighted by Crippen LogP contribution is -2.31. The maximum absolute atomic E-state index is 14.0. The molecule has 1 rings (SSSR count). The molecule has 3 nitrogen and oxygen atoms in total. The first-order valence-electron chi connectivity index (χ1n) is 5.35. The van der Waals surface area contributed by atoms with Gasteiger partial charge in [-0.25, -0.2) is 4.39 Å². The maximum atomic E-state index is 14.0. The van der Waals surface area contributed by atoms with Crippen molar-refractivity contribution in [2.75, 3.05) is 13.7 Å². The molecule has 0 aliphatic heterocycles. The van der Waals surface area contributed by atoms with E-state index in [1.807, 2.05) is 18.9 Å². The van der Waals surface area contributed by atoms with Crippen molar-refractivity contribution in [1.82, 2.24) is 4.90 Å². The minimum Gasteiger partial charge on any atom is -0.395 e. The molecule has 1 aromatic rings. The Hall–Kier alpha value is -1.04. The Morgan fingerprint density at radius 2 is 2.24 bits per heavy atom. The normalized spacial score (nSPS) is 12.8. The van der Waals surface area contributed by atoms with Gasteiger partial charge >= 0.3 is 0 Å². The van der Waals surface area contributed by atoms with E-state index in [9.17, 15) is 4.39 Å². The van der Waals surface area contributed by atoms with Crippen molar-refractivity contribution in [2.24, 2.45) is 5.73 Å². The summed E-state index contributed by atoms with van der Waals surface area (Å²) in [5.74, 6) is -0.378. The molecule has 0 saturated heterocycles. The van der Waals surface area contributed by atoms with Crippen LogP contribution in [-0.2, 0) is 6.54 Å². The lowest BCUT2D eigenvalue weighted by Gasteiger charge is -2.23. The standard InChI is InChI=1S/C12H17FN2OS/c1-8(7-16)15(2)6-9-4-3-5-10(11(9)13)12(14)17/h3-5,8,16H,6-7H2,1-2H3,(H2,14,17). The van der Waals surface area contributed by atoms with Crippen LogP contribution in [0.4, 0.5) is 4.39 Å². The second-order valence-electron chi connectivity index (χ2n) is 4.09. The van der Waals surface area contributed by atoms with Crippen molar-refractivity contribution >= 4 is 17.2 Å². The Kier molecular flexibility index (Phi) is 4.99. The van der Waals surface area contributed by atoms with Gasteiger partial charge in [0.25, 0.3) is 0 Å². The molecule has 0 saturated carbocycles. The predicted octanol–water partition coefficient (Wildman–Crippen LogP) is 1.27. The number of benzene rings is 1. The number of nitrogens with zero attached hydrogens (tertiary/aromatic N) is 1. The Morgan fingerprint density at radius 1 is 1.59 bits per heavy atom. The summed E-state index contributed by atoms with van der Waals surface area (Å²) in [6.07, 6.45) is 0. The van der Waals surface area contributed by atoms with Gasteiger partial charge in [0.05, 0.1) is 6.61 Å². The molecule has 3 N–H and O–H groups in total. The van der Waals surface area contributed by atoms with E-state index in [1.54, 1.807) is 18.2 Å². The SMILES string of the molecule is CC(CO)N(C)Cc1cccc(C(N)=S)c1F. The van der Waals surface area contributed by atoms with Crippen LogP contribution in [-0.4, -0.2) is 34.7 Å². The number of likely N-dealkylation sites (N-methyl/N-ethyl adjacent to an activating group) is 1. The van der Waals surface area contributed by atoms with Crippen LogP contribution in [0.2, 0.25) is 0 Å². The number of rotatable bonds is 5. The number of thiocarbonyl (C=S) groups is 1. The highest BCUT2D eigenvalue weighted by atomic mass is 32.1. The Balaban J connectivity index is 2.92. The second-order valence-corrected chi connectivity index (χ2v) is 4.53. The van der Waals surface area contributed by atoms with Crippen LogP contribution in [0.3, 0.4) is 0 Å². The zero-order chi connectivity index (χ0) is 13.0. The van der Waals surface area contributed by atoms with Gasteiger partial charge in [0.15, 0.2) is 0 Å². The summed E-state index contributed by atoms with van der Waals surface area (Å²) in [5, 5.41) is 9.02. The first-order valence-corrected chi connectivity index (χ1v) is 5.76. The highest BCUT2D eigenvalue weighted by Crippen LogP contribution is 2.15. The molecule has 0 bridgehead atoms. The number of aliphatic hydroxyl groups excluding tert-OH is 1. The molecule has 0 aromatic heterocycles. The maximum Gasteiger partial charge on any atom is 0.137 e. The summed E-state index contributed by atoms with van der Waals surface area (Å²) in [4.78, 5) is 1.92.